The van der Waals surface area contributed by atoms with Crippen molar-refractivity contribution in [3.63, 3.8) is 0 Å². The first-order valence-corrected chi connectivity index (χ1v) is 19.4. The molecule has 2 aromatic carbocycles. The topological polar surface area (TPSA) is 0 Å². The molecule has 1 heteroatoms. The van der Waals surface area contributed by atoms with Crippen molar-refractivity contribution in [2.75, 3.05) is 0 Å². The molecule has 0 saturated heterocycles. The second-order valence-electron chi connectivity index (χ2n) is 11.2. The third-order valence-electron chi connectivity index (χ3n) is 8.88. The summed E-state index contributed by atoms with van der Waals surface area (Å²) < 4.78 is 5.31. The number of rotatable bonds is 5. The van der Waals surface area contributed by atoms with Crippen LogP contribution in [0.4, 0.5) is 0 Å². The minimum absolute atomic E-state index is 0.538. The van der Waals surface area contributed by atoms with E-state index in [-0.39, 0.29) is 0 Å². The van der Waals surface area contributed by atoms with Crippen molar-refractivity contribution in [3.8, 4) is 0 Å². The Morgan fingerprint density at radius 1 is 0.559 bits per heavy atom. The van der Waals surface area contributed by atoms with Crippen LogP contribution in [0.25, 0.3) is 0 Å². The van der Waals surface area contributed by atoms with Crippen molar-refractivity contribution < 1.29 is 0 Å². The first-order chi connectivity index (χ1) is 16.0. The SMILES string of the molecule is CC1=C(C)C([CH2][Sn]([c]2c(C)cc(C)cc2C)([c]2c(C)cc(C)cc2C)[CH]2C=CC=C2)C(C)=C1C. The fourth-order valence-corrected chi connectivity index (χ4v) is 26.9. The van der Waals surface area contributed by atoms with Gasteiger partial charge in [0.1, 0.15) is 0 Å². The molecule has 0 bridgehead atoms. The molecule has 0 nitrogen and oxygen atoms in total. The second-order valence-corrected chi connectivity index (χ2v) is 22.7. The molecule has 178 valence electrons. The normalized spacial score (nSPS) is 17.1. The predicted molar refractivity (Wildman–Crippen MR) is 153 cm³/mol. The van der Waals surface area contributed by atoms with E-state index in [4.69, 9.17) is 0 Å². The Balaban J connectivity index is 2.13. The summed E-state index contributed by atoms with van der Waals surface area (Å²) >= 11 is -3.39. The van der Waals surface area contributed by atoms with Gasteiger partial charge in [0.2, 0.25) is 0 Å². The molecule has 0 unspecified atom stereocenters. The van der Waals surface area contributed by atoms with E-state index >= 15 is 0 Å². The first kappa shape index (κ1) is 25.3. The van der Waals surface area contributed by atoms with Crippen LogP contribution < -0.4 is 7.16 Å². The number of allylic oxidation sites excluding steroid dienone is 8. The van der Waals surface area contributed by atoms with Gasteiger partial charge < -0.3 is 0 Å². The van der Waals surface area contributed by atoms with Gasteiger partial charge in [-0.2, -0.15) is 0 Å². The Bertz CT molecular complexity index is 1140. The third-order valence-corrected chi connectivity index (χ3v) is 25.8. The van der Waals surface area contributed by atoms with E-state index in [0.717, 1.165) is 0 Å². The number of benzene rings is 2. The van der Waals surface area contributed by atoms with Crippen LogP contribution >= 0.6 is 0 Å². The molecule has 0 heterocycles. The fourth-order valence-electron chi connectivity index (χ4n) is 7.39. The standard InChI is InChI=1S/C10H15.2C9H11.C5H5.Sn/c1-6-7(2)9(4)10(5)8(6)3;2*1-7-4-8(2)6-9(3)5-7;1-2-4-5-3-1;/h6H,1H2,2-5H3;2*4-5H,1-3H3;1-5H;. The van der Waals surface area contributed by atoms with Gasteiger partial charge in [-0.3, -0.25) is 0 Å². The zero-order valence-electron chi connectivity index (χ0n) is 23.0. The molecule has 2 aliphatic carbocycles. The van der Waals surface area contributed by atoms with Crippen molar-refractivity contribution >= 4 is 25.5 Å². The third kappa shape index (κ3) is 4.00. The molecule has 4 rings (SSSR count). The van der Waals surface area contributed by atoms with Gasteiger partial charge in [-0.25, -0.2) is 0 Å². The van der Waals surface area contributed by atoms with Gasteiger partial charge in [-0.05, 0) is 0 Å². The van der Waals surface area contributed by atoms with E-state index in [1.165, 1.54) is 49.0 Å². The molecule has 0 atom stereocenters. The van der Waals surface area contributed by atoms with Crippen LogP contribution in [0, 0.1) is 47.5 Å². The fraction of sp³-hybridized carbons (Fsp3) is 0.394. The van der Waals surface area contributed by atoms with Crippen LogP contribution in [0.15, 0.2) is 70.9 Å². The summed E-state index contributed by atoms with van der Waals surface area (Å²) in [5.41, 5.74) is 15.1. The van der Waals surface area contributed by atoms with Crippen molar-refractivity contribution in [1.82, 2.24) is 0 Å². The Labute approximate surface area is 212 Å². The number of hydrogen-bond donors (Lipinski definition) is 0. The van der Waals surface area contributed by atoms with Gasteiger partial charge in [0.15, 0.2) is 0 Å². The van der Waals surface area contributed by atoms with Gasteiger partial charge in [0, 0.05) is 0 Å². The van der Waals surface area contributed by atoms with Gasteiger partial charge >= 0.3 is 213 Å². The molecule has 0 radical (unpaired) electrons. The van der Waals surface area contributed by atoms with Crippen molar-refractivity contribution in [2.24, 2.45) is 5.92 Å². The van der Waals surface area contributed by atoms with Crippen LogP contribution in [0.5, 0.6) is 0 Å². The molecule has 0 aliphatic heterocycles. The van der Waals surface area contributed by atoms with Gasteiger partial charge in [0.05, 0.1) is 0 Å². The average molecular weight is 557 g/mol. The molecule has 0 saturated carbocycles. The molecular formula is C33H42Sn. The maximum absolute atomic E-state index is 3.39. The zero-order chi connectivity index (χ0) is 24.9. The molecule has 0 N–H and O–H groups in total. The van der Waals surface area contributed by atoms with Crippen molar-refractivity contribution in [1.29, 1.82) is 0 Å². The predicted octanol–water partition coefficient (Wildman–Crippen LogP) is 7.90. The van der Waals surface area contributed by atoms with E-state index < -0.39 is 18.4 Å². The van der Waals surface area contributed by atoms with Crippen molar-refractivity contribution in [2.45, 2.75) is 77.6 Å². The number of aryl methyl sites for hydroxylation is 6. The first-order valence-electron chi connectivity index (χ1n) is 12.9. The molecule has 0 amide bonds. The second kappa shape index (κ2) is 9.34. The molecule has 2 aliphatic rings. The Morgan fingerprint density at radius 2 is 0.912 bits per heavy atom. The van der Waals surface area contributed by atoms with Gasteiger partial charge in [-0.1, -0.05) is 0 Å². The van der Waals surface area contributed by atoms with Crippen LogP contribution in [0.3, 0.4) is 0 Å². The summed E-state index contributed by atoms with van der Waals surface area (Å²) in [5.74, 6) is 0.554. The number of hydrogen-bond acceptors (Lipinski definition) is 0. The molecule has 34 heavy (non-hydrogen) atoms. The van der Waals surface area contributed by atoms with E-state index in [2.05, 4.69) is 118 Å². The van der Waals surface area contributed by atoms with Crippen molar-refractivity contribution in [3.05, 3.63) is 104 Å². The zero-order valence-corrected chi connectivity index (χ0v) is 25.8. The van der Waals surface area contributed by atoms with Crippen LogP contribution in [-0.2, 0) is 0 Å². The molecular weight excluding hydrogens is 515 g/mol. The summed E-state index contributed by atoms with van der Waals surface area (Å²) in [6.07, 6.45) is 9.70. The summed E-state index contributed by atoms with van der Waals surface area (Å²) in [6, 6.07) is 9.80. The van der Waals surface area contributed by atoms with E-state index in [9.17, 15) is 0 Å². The van der Waals surface area contributed by atoms with E-state index in [1.807, 2.05) is 0 Å². The van der Waals surface area contributed by atoms with Crippen LogP contribution in [0.1, 0.15) is 61.1 Å². The molecule has 2 aromatic rings. The van der Waals surface area contributed by atoms with Crippen LogP contribution in [0.2, 0.25) is 8.37 Å². The summed E-state index contributed by atoms with van der Waals surface area (Å²) in [5, 5.41) is 0. The Kier molecular flexibility index (Phi) is 6.95. The Morgan fingerprint density at radius 3 is 1.26 bits per heavy atom. The minimum atomic E-state index is -3.39. The molecule has 0 aromatic heterocycles. The quantitative estimate of drug-likeness (QED) is 0.328. The summed E-state index contributed by atoms with van der Waals surface area (Å²) in [7, 11) is 0. The van der Waals surface area contributed by atoms with E-state index in [1.54, 1.807) is 18.3 Å². The summed E-state index contributed by atoms with van der Waals surface area (Å²) in [4.78, 5) is 0. The Hall–Kier alpha value is -1.80. The summed E-state index contributed by atoms with van der Waals surface area (Å²) in [6.45, 7) is 23.5. The average Bonchev–Trinajstić information content (AvgIpc) is 3.33. The molecule has 0 spiro atoms. The molecule has 0 fully saturated rings. The van der Waals surface area contributed by atoms with Gasteiger partial charge in [0.25, 0.3) is 0 Å². The van der Waals surface area contributed by atoms with Gasteiger partial charge in [-0.15, -0.1) is 0 Å². The van der Waals surface area contributed by atoms with Crippen LogP contribution in [-0.4, -0.2) is 18.4 Å². The maximum atomic E-state index is 2.54. The van der Waals surface area contributed by atoms with E-state index in [0.29, 0.717) is 9.85 Å². The monoisotopic (exact) mass is 558 g/mol.